The van der Waals surface area contributed by atoms with Crippen molar-refractivity contribution in [1.29, 1.82) is 0 Å². The second-order valence-corrected chi connectivity index (χ2v) is 8.51. The summed E-state index contributed by atoms with van der Waals surface area (Å²) in [4.78, 5) is 36.8. The molecule has 0 unspecified atom stereocenters. The first-order valence-corrected chi connectivity index (χ1v) is 11.6. The van der Waals surface area contributed by atoms with Crippen LogP contribution in [0.1, 0.15) is 15.9 Å². The number of amides is 1. The maximum absolute atomic E-state index is 12.9. The molecular weight excluding hydrogens is 458 g/mol. The molecule has 1 aliphatic heterocycles. The first-order valence-electron chi connectivity index (χ1n) is 11.6. The number of rotatable bonds is 7. The maximum Gasteiger partial charge on any atom is 0.355 e. The molecule has 10 nitrogen and oxygen atoms in total. The minimum absolute atomic E-state index is 0.0645. The molecule has 0 radical (unpaired) electrons. The van der Waals surface area contributed by atoms with E-state index < -0.39 is 10.8 Å². The second-order valence-electron chi connectivity index (χ2n) is 8.51. The maximum atomic E-state index is 12.9. The van der Waals surface area contributed by atoms with Gasteiger partial charge in [-0.2, -0.15) is 0 Å². The Bertz CT molecular complexity index is 1380. The lowest BCUT2D eigenvalue weighted by Crippen LogP contribution is -2.46. The van der Waals surface area contributed by atoms with Gasteiger partial charge in [-0.3, -0.25) is 30.7 Å². The van der Waals surface area contributed by atoms with Gasteiger partial charge in [0.25, 0.3) is 5.91 Å². The summed E-state index contributed by atoms with van der Waals surface area (Å²) in [7, 11) is 0. The molecule has 0 spiro atoms. The molecule has 4 aromatic rings. The third kappa shape index (κ3) is 4.93. The number of nitrogens with one attached hydrogen (secondary N) is 2. The average molecular weight is 484 g/mol. The summed E-state index contributed by atoms with van der Waals surface area (Å²) in [6.07, 6.45) is 1.27. The summed E-state index contributed by atoms with van der Waals surface area (Å²) in [6.45, 7) is 3.50. The number of carbonyl (C=O) groups excluding carboxylic acids is 1. The molecule has 1 fully saturated rings. The van der Waals surface area contributed by atoms with Crippen LogP contribution in [-0.4, -0.2) is 51.9 Å². The van der Waals surface area contributed by atoms with Crippen molar-refractivity contribution in [2.75, 3.05) is 36.5 Å². The highest BCUT2D eigenvalue weighted by Gasteiger charge is 2.29. The zero-order valence-corrected chi connectivity index (χ0v) is 19.5. The predicted molar refractivity (Wildman–Crippen MR) is 138 cm³/mol. The number of hydrazine groups is 1. The molecule has 1 amide bonds. The van der Waals surface area contributed by atoms with Crippen LogP contribution < -0.4 is 15.8 Å². The van der Waals surface area contributed by atoms with Crippen LogP contribution in [0.2, 0.25) is 0 Å². The summed E-state index contributed by atoms with van der Waals surface area (Å²) in [6, 6.07) is 23.1. The van der Waals surface area contributed by atoms with Gasteiger partial charge in [0.2, 0.25) is 11.6 Å². The van der Waals surface area contributed by atoms with Crippen molar-refractivity contribution in [3.8, 4) is 0 Å². The van der Waals surface area contributed by atoms with Gasteiger partial charge in [0.05, 0.1) is 4.92 Å². The highest BCUT2D eigenvalue weighted by Crippen LogP contribution is 2.32. The fourth-order valence-corrected chi connectivity index (χ4v) is 4.43. The van der Waals surface area contributed by atoms with Gasteiger partial charge in [-0.25, -0.2) is 9.97 Å². The van der Waals surface area contributed by atoms with Gasteiger partial charge in [0.15, 0.2) is 0 Å². The van der Waals surface area contributed by atoms with Crippen LogP contribution in [0.5, 0.6) is 0 Å². The molecule has 1 saturated heterocycles. The SMILES string of the molecule is O=C(NNc1ncnc(N2CCN(Cc3ccccc3)CC2)c1[N+](=O)[O-])c1cccc2ccccc12. The van der Waals surface area contributed by atoms with E-state index in [0.29, 0.717) is 18.7 Å². The lowest BCUT2D eigenvalue weighted by atomic mass is 10.0. The van der Waals surface area contributed by atoms with Gasteiger partial charge in [0.1, 0.15) is 6.33 Å². The van der Waals surface area contributed by atoms with Crippen LogP contribution in [0.4, 0.5) is 17.3 Å². The van der Waals surface area contributed by atoms with Crippen molar-refractivity contribution in [3.63, 3.8) is 0 Å². The number of hydrogen-bond donors (Lipinski definition) is 2. The van der Waals surface area contributed by atoms with E-state index >= 15 is 0 Å². The van der Waals surface area contributed by atoms with Crippen molar-refractivity contribution in [3.05, 3.63) is 100 Å². The van der Waals surface area contributed by atoms with E-state index in [2.05, 4.69) is 37.9 Å². The number of nitro groups is 1. The quantitative estimate of drug-likeness (QED) is 0.302. The Hall–Kier alpha value is -4.57. The summed E-state index contributed by atoms with van der Waals surface area (Å²) < 4.78 is 0. The Morgan fingerprint density at radius 2 is 1.64 bits per heavy atom. The number of nitrogens with zero attached hydrogens (tertiary/aromatic N) is 5. The second kappa shape index (κ2) is 10.4. The number of fused-ring (bicyclic) bond motifs is 1. The van der Waals surface area contributed by atoms with Crippen LogP contribution in [0.15, 0.2) is 79.1 Å². The van der Waals surface area contributed by atoms with Crippen molar-refractivity contribution >= 4 is 34.0 Å². The molecule has 0 saturated carbocycles. The van der Waals surface area contributed by atoms with Crippen molar-refractivity contribution < 1.29 is 9.72 Å². The Morgan fingerprint density at radius 1 is 0.917 bits per heavy atom. The van der Waals surface area contributed by atoms with Crippen LogP contribution in [-0.2, 0) is 6.54 Å². The van der Waals surface area contributed by atoms with Gasteiger partial charge in [-0.1, -0.05) is 66.7 Å². The van der Waals surface area contributed by atoms with E-state index in [1.807, 2.05) is 53.4 Å². The molecule has 2 N–H and O–H groups in total. The standard InChI is InChI=1S/C26H25N7O3/c34-26(22-12-6-10-20-9-4-5-11-21(20)22)30-29-24-23(33(35)36)25(28-18-27-24)32-15-13-31(14-16-32)17-19-7-2-1-3-8-19/h1-12,18H,13-17H2,(H,30,34)(H,27,28,29). The number of carbonyl (C=O) groups is 1. The Kier molecular flexibility index (Phi) is 6.67. The largest absolute Gasteiger partial charge is 0.355 e. The third-order valence-electron chi connectivity index (χ3n) is 6.24. The summed E-state index contributed by atoms with van der Waals surface area (Å²) in [5.41, 5.74) is 6.61. The van der Waals surface area contributed by atoms with Crippen molar-refractivity contribution in [2.45, 2.75) is 6.54 Å². The number of hydrogen-bond acceptors (Lipinski definition) is 8. The van der Waals surface area contributed by atoms with Crippen molar-refractivity contribution in [2.24, 2.45) is 0 Å². The van der Waals surface area contributed by atoms with Crippen LogP contribution >= 0.6 is 0 Å². The molecule has 10 heteroatoms. The average Bonchev–Trinajstić information content (AvgIpc) is 2.92. The highest BCUT2D eigenvalue weighted by atomic mass is 16.6. The summed E-state index contributed by atoms with van der Waals surface area (Å²) >= 11 is 0. The smallest absolute Gasteiger partial charge is 0.348 e. The molecule has 1 aromatic heterocycles. The number of aromatic nitrogens is 2. The van der Waals surface area contributed by atoms with E-state index in [4.69, 9.17) is 0 Å². The van der Waals surface area contributed by atoms with E-state index in [9.17, 15) is 14.9 Å². The predicted octanol–water partition coefficient (Wildman–Crippen LogP) is 3.62. The van der Waals surface area contributed by atoms with Gasteiger partial charge in [0, 0.05) is 38.3 Å². The van der Waals surface area contributed by atoms with E-state index in [-0.39, 0.29) is 17.3 Å². The summed E-state index contributed by atoms with van der Waals surface area (Å²) in [5.74, 6) is -0.252. The number of benzene rings is 3. The molecule has 182 valence electrons. The Balaban J connectivity index is 1.30. The highest BCUT2D eigenvalue weighted by molar-refractivity contribution is 6.07. The van der Waals surface area contributed by atoms with Gasteiger partial charge in [-0.05, 0) is 22.4 Å². The van der Waals surface area contributed by atoms with Gasteiger partial charge < -0.3 is 4.90 Å². The van der Waals surface area contributed by atoms with E-state index in [1.165, 1.54) is 11.9 Å². The zero-order chi connectivity index (χ0) is 24.9. The fourth-order valence-electron chi connectivity index (χ4n) is 4.43. The fraction of sp³-hybridized carbons (Fsp3) is 0.192. The first kappa shape index (κ1) is 23.2. The van der Waals surface area contributed by atoms with Gasteiger partial charge >= 0.3 is 5.69 Å². The molecule has 0 atom stereocenters. The van der Waals surface area contributed by atoms with Crippen LogP contribution in [0.3, 0.4) is 0 Å². The lowest BCUT2D eigenvalue weighted by molar-refractivity contribution is -0.383. The van der Waals surface area contributed by atoms with E-state index in [1.54, 1.807) is 12.1 Å². The molecule has 0 aliphatic carbocycles. The first-order chi connectivity index (χ1) is 17.6. The molecule has 5 rings (SSSR count). The number of piperazine rings is 1. The van der Waals surface area contributed by atoms with E-state index in [0.717, 1.165) is 30.4 Å². The normalized spacial score (nSPS) is 13.9. The van der Waals surface area contributed by atoms with Crippen LogP contribution in [0.25, 0.3) is 10.8 Å². The Labute approximate surface area is 207 Å². The molecule has 1 aliphatic rings. The van der Waals surface area contributed by atoms with Gasteiger partial charge in [-0.15, -0.1) is 0 Å². The minimum atomic E-state index is -0.516. The Morgan fingerprint density at radius 3 is 2.42 bits per heavy atom. The molecule has 36 heavy (non-hydrogen) atoms. The molecule has 2 heterocycles. The molecule has 0 bridgehead atoms. The van der Waals surface area contributed by atoms with Crippen LogP contribution in [0, 0.1) is 10.1 Å². The topological polar surface area (TPSA) is 117 Å². The zero-order valence-electron chi connectivity index (χ0n) is 19.5. The lowest BCUT2D eigenvalue weighted by Gasteiger charge is -2.35. The minimum Gasteiger partial charge on any atom is -0.348 e. The number of anilines is 2. The summed E-state index contributed by atoms with van der Waals surface area (Å²) in [5, 5.41) is 13.7. The monoisotopic (exact) mass is 483 g/mol. The molecular formula is C26H25N7O3. The third-order valence-corrected chi connectivity index (χ3v) is 6.24. The van der Waals surface area contributed by atoms with Crippen molar-refractivity contribution in [1.82, 2.24) is 20.3 Å². The molecule has 3 aromatic carbocycles.